The minimum atomic E-state index is -4.97. The second kappa shape index (κ2) is 22.8. The first-order chi connectivity index (χ1) is 31.6. The van der Waals surface area contributed by atoms with Crippen molar-refractivity contribution in [2.75, 3.05) is 49.8 Å². The molecule has 0 spiro atoms. The average molecular weight is 1030 g/mol. The Balaban J connectivity index is 0.0000104. The van der Waals surface area contributed by atoms with Gasteiger partial charge >= 0.3 is 5.97 Å². The molecule has 1 unspecified atom stereocenters. The fourth-order valence-electron chi connectivity index (χ4n) is 8.15. The number of carbonyl (C=O) groups excluding carboxylic acids is 1. The maximum absolute atomic E-state index is 14.1. The van der Waals surface area contributed by atoms with Crippen molar-refractivity contribution in [3.05, 3.63) is 112 Å². The summed E-state index contributed by atoms with van der Waals surface area (Å²) >= 11 is 0. The van der Waals surface area contributed by atoms with Crippen LogP contribution >= 0.6 is 0 Å². The fourth-order valence-corrected chi connectivity index (χ4v) is 9.62. The number of carbonyl (C=O) groups is 1. The van der Waals surface area contributed by atoms with Gasteiger partial charge in [-0.2, -0.15) is 8.78 Å². The van der Waals surface area contributed by atoms with Gasteiger partial charge in [0.2, 0.25) is 22.7 Å². The van der Waals surface area contributed by atoms with Gasteiger partial charge in [0.25, 0.3) is 0 Å². The van der Waals surface area contributed by atoms with Crippen LogP contribution in [0.5, 0.6) is 5.75 Å². The van der Waals surface area contributed by atoms with Crippen LogP contribution in [0.2, 0.25) is 0 Å². The summed E-state index contributed by atoms with van der Waals surface area (Å²) in [5, 5.41) is 0.682. The Morgan fingerprint density at radius 1 is 0.841 bits per heavy atom. The molecule has 22 heteroatoms. The molecule has 0 radical (unpaired) electrons. The number of unbranched alkanes of at least 4 members (excludes halogenated alkanes) is 2. The maximum Gasteiger partial charge on any atom is 0.311 e. The lowest BCUT2D eigenvalue weighted by Gasteiger charge is -2.31. The molecule has 2 aromatic rings. The van der Waals surface area contributed by atoms with E-state index in [-0.39, 0.29) is 52.3 Å². The first kappa shape index (κ1) is 56.6. The molecular weight excluding hydrogens is 973 g/mol. The fraction of sp³-hybridized carbons (Fsp3) is 0.447. The summed E-state index contributed by atoms with van der Waals surface area (Å²) in [6, 6.07) is 11.2. The molecule has 2 aliphatic heterocycles. The summed E-state index contributed by atoms with van der Waals surface area (Å²) in [4.78, 5) is 13.8. The molecule has 0 N–H and O–H groups in total. The van der Waals surface area contributed by atoms with Crippen LogP contribution in [-0.4, -0.2) is 89.7 Å². The van der Waals surface area contributed by atoms with E-state index >= 15 is 0 Å². The Bertz CT molecular complexity index is 2940. The van der Waals surface area contributed by atoms with E-state index in [0.717, 1.165) is 17.2 Å². The molecule has 1 atom stereocenters. The van der Waals surface area contributed by atoms with Crippen molar-refractivity contribution in [1.29, 1.82) is 0 Å². The molecule has 380 valence electrons. The number of nitrogens with zero attached hydrogens (tertiary/aromatic N) is 2. The average Bonchev–Trinajstić information content (AvgIpc) is 3.46. The van der Waals surface area contributed by atoms with Crippen LogP contribution in [0, 0.1) is 23.3 Å². The van der Waals surface area contributed by atoms with Crippen molar-refractivity contribution >= 4 is 48.1 Å². The zero-order valence-corrected chi connectivity index (χ0v) is 40.4. The van der Waals surface area contributed by atoms with Gasteiger partial charge in [-0.15, -0.1) is 0 Å². The summed E-state index contributed by atoms with van der Waals surface area (Å²) < 4.78 is 180. The first-order valence-electron chi connectivity index (χ1n) is 21.5. The molecule has 3 aliphatic rings. The number of rotatable bonds is 21. The third-order valence-corrected chi connectivity index (χ3v) is 13.9. The molecule has 0 bridgehead atoms. The molecule has 0 amide bonds. The summed E-state index contributed by atoms with van der Waals surface area (Å²) in [5.74, 6) is -10.3. The molecule has 2 heterocycles. The summed E-state index contributed by atoms with van der Waals surface area (Å²) in [5.41, 5.74) is 1.45. The van der Waals surface area contributed by atoms with E-state index in [9.17, 15) is 61.3 Å². The molecule has 5 rings (SSSR count). The molecule has 2 aromatic carbocycles. The number of halogens is 4. The van der Waals surface area contributed by atoms with Gasteiger partial charge in [-0.3, -0.25) is 4.79 Å². The Morgan fingerprint density at radius 2 is 1.49 bits per heavy atom. The molecule has 1 aliphatic carbocycles. The van der Waals surface area contributed by atoms with E-state index < -0.39 is 99.0 Å². The third-order valence-electron chi connectivity index (χ3n) is 11.5. The lowest BCUT2D eigenvalue weighted by atomic mass is 9.77. The van der Waals surface area contributed by atoms with Gasteiger partial charge in [-0.1, -0.05) is 40.7 Å². The van der Waals surface area contributed by atoms with Crippen LogP contribution in [0.25, 0.3) is 17.4 Å². The number of anilines is 1. The smallest absolute Gasteiger partial charge is 0.311 e. The summed E-state index contributed by atoms with van der Waals surface area (Å²) in [6.07, 6.45) is 5.31. The van der Waals surface area contributed by atoms with Crippen molar-refractivity contribution in [2.24, 2.45) is 0 Å². The van der Waals surface area contributed by atoms with Crippen LogP contribution in [0.1, 0.15) is 97.0 Å². The van der Waals surface area contributed by atoms with Crippen LogP contribution < -0.4 is 19.6 Å². The number of fused-ring (bicyclic) bond motifs is 2. The minimum absolute atomic E-state index is 0. The van der Waals surface area contributed by atoms with E-state index in [4.69, 9.17) is 9.15 Å². The molecular formula is C47H56F4N2O13S3-2. The van der Waals surface area contributed by atoms with Gasteiger partial charge in [-0.25, -0.2) is 38.6 Å². The van der Waals surface area contributed by atoms with Crippen molar-refractivity contribution < 1.29 is 75.2 Å². The highest BCUT2D eigenvalue weighted by atomic mass is 32.2. The van der Waals surface area contributed by atoms with E-state index in [1.807, 2.05) is 48.4 Å². The van der Waals surface area contributed by atoms with Crippen LogP contribution in [0.3, 0.4) is 0 Å². The predicted molar refractivity (Wildman–Crippen MR) is 247 cm³/mol. The first-order valence-corrected chi connectivity index (χ1v) is 26.0. The highest BCUT2D eigenvalue weighted by Gasteiger charge is 2.43. The van der Waals surface area contributed by atoms with Gasteiger partial charge in [0.15, 0.2) is 18.2 Å². The zero-order chi connectivity index (χ0) is 50.4. The molecule has 0 aromatic heterocycles. The van der Waals surface area contributed by atoms with Gasteiger partial charge in [-0.05, 0) is 91.6 Å². The van der Waals surface area contributed by atoms with Crippen LogP contribution in [-0.2, 0) is 50.7 Å². The van der Waals surface area contributed by atoms with E-state index in [1.54, 1.807) is 31.2 Å². The number of benzene rings is 3. The summed E-state index contributed by atoms with van der Waals surface area (Å²) in [7, 11) is -12.5. The minimum Gasteiger partial charge on any atom is -0.748 e. The van der Waals surface area contributed by atoms with Crippen molar-refractivity contribution in [2.45, 2.75) is 95.8 Å². The van der Waals surface area contributed by atoms with E-state index in [0.29, 0.717) is 59.8 Å². The number of allylic oxidation sites excluding steroid dienone is 3. The van der Waals surface area contributed by atoms with Gasteiger partial charge in [0, 0.05) is 72.5 Å². The van der Waals surface area contributed by atoms with E-state index in [2.05, 4.69) is 4.74 Å². The van der Waals surface area contributed by atoms with Gasteiger partial charge in [0.1, 0.15) is 34.8 Å². The predicted octanol–water partition coefficient (Wildman–Crippen LogP) is 7.30. The number of ether oxygens (including phenoxy) is 2. The Kier molecular flexibility index (Phi) is 18.7. The highest BCUT2D eigenvalue weighted by molar-refractivity contribution is 7.86. The van der Waals surface area contributed by atoms with Gasteiger partial charge in [0.05, 0.1) is 31.2 Å². The topological polar surface area (TPSA) is 227 Å². The zero-order valence-electron chi connectivity index (χ0n) is 38.0. The molecule has 15 nitrogen and oxygen atoms in total. The summed E-state index contributed by atoms with van der Waals surface area (Å²) in [6.45, 7) is 8.90. The lowest BCUT2D eigenvalue weighted by Crippen LogP contribution is -2.34. The molecule has 0 saturated heterocycles. The highest BCUT2D eigenvalue weighted by Crippen LogP contribution is 2.51. The molecule has 0 fully saturated rings. The third kappa shape index (κ3) is 14.8. The standard InChI is InChI=1S/C46H54F4N2O13S3.CH4/c1-45(2,3)34-27-31(64-39-26-30(15-17-33(34)39)51(22-23-63-5)20-11-25-67(57,58)59)12-9-13-40-46(4,19-10-24-66(54,55)56)35-28-32(68(60,61)62)16-18-38(35)52(40)21-8-6-7-14-41(53)65-44-42(49)36(47)29-37(48)43(44)50;/h9,12-13,15-18,26-29H,6-8,10-11,14,19-25H2,1-5H3,(H2-,54,55,56,57,58,59,60,61,62);1H4/p-2. The van der Waals surface area contributed by atoms with Crippen molar-refractivity contribution in [3.63, 3.8) is 0 Å². The number of hydrogen-bond acceptors (Lipinski definition) is 14. The van der Waals surface area contributed by atoms with Crippen molar-refractivity contribution in [3.8, 4) is 17.1 Å². The quantitative estimate of drug-likeness (QED) is 0.0152. The second-order valence-corrected chi connectivity index (χ2v) is 22.0. The van der Waals surface area contributed by atoms with E-state index in [1.165, 1.54) is 19.2 Å². The number of hydrogen-bond donors (Lipinski definition) is 0. The Labute approximate surface area is 400 Å². The Hall–Kier alpha value is -4.97. The normalized spacial score (nSPS) is 16.6. The molecule has 0 saturated carbocycles. The van der Waals surface area contributed by atoms with Crippen LogP contribution in [0.15, 0.2) is 75.7 Å². The van der Waals surface area contributed by atoms with Gasteiger partial charge < -0.3 is 32.4 Å². The molecule has 69 heavy (non-hydrogen) atoms. The Morgan fingerprint density at radius 3 is 2.10 bits per heavy atom. The van der Waals surface area contributed by atoms with Crippen LogP contribution in [0.4, 0.5) is 23.2 Å². The monoisotopic (exact) mass is 1030 g/mol. The number of esters is 1. The largest absolute Gasteiger partial charge is 0.748 e. The SMILES string of the molecule is C.COCC[N+](CCCS(=O)(=O)[O-])=c1ccc2c(C(C)(C)C)cc(/C=C/C=C3/N(CCCCCC(=O)Oc4c(F)c(F)cc(F)c4F)c4ccc(S(=O)(=O)[O-])cc4C3(C)CCCS(=O)(=O)[O-])oc-2c1. The second-order valence-electron chi connectivity index (χ2n) is 17.6. The number of methoxy groups -OCH3 is 1. The van der Waals surface area contributed by atoms with Crippen molar-refractivity contribution in [1.82, 2.24) is 4.58 Å². The lowest BCUT2D eigenvalue weighted by molar-refractivity contribution is -0.135. The maximum atomic E-state index is 14.1.